The van der Waals surface area contributed by atoms with Crippen LogP contribution in [0.4, 0.5) is 5.69 Å². The fraction of sp³-hybridized carbons (Fsp3) is 0.0909. The van der Waals surface area contributed by atoms with Gasteiger partial charge >= 0.3 is 0 Å². The van der Waals surface area contributed by atoms with Crippen molar-refractivity contribution in [3.05, 3.63) is 97.1 Å². The smallest absolute Gasteiger partial charge is 0.138 e. The molecule has 3 rings (SSSR count). The lowest BCUT2D eigenvalue weighted by Gasteiger charge is -2.20. The Balaban J connectivity index is 1.83. The highest BCUT2D eigenvalue weighted by molar-refractivity contribution is 5.56. The van der Waals surface area contributed by atoms with Gasteiger partial charge in [-0.2, -0.15) is 0 Å². The Labute approximate surface area is 148 Å². The lowest BCUT2D eigenvalue weighted by atomic mass is 10.0. The van der Waals surface area contributed by atoms with Gasteiger partial charge in [0.15, 0.2) is 0 Å². The van der Waals surface area contributed by atoms with Crippen LogP contribution in [-0.4, -0.2) is 5.11 Å². The molecule has 0 fully saturated rings. The summed E-state index contributed by atoms with van der Waals surface area (Å²) in [4.78, 5) is 0. The maximum Gasteiger partial charge on any atom is 0.138 e. The molecule has 0 saturated carbocycles. The molecule has 0 aliphatic heterocycles. The minimum atomic E-state index is -0.00915. The lowest BCUT2D eigenvalue weighted by Crippen LogP contribution is -2.10. The number of aromatic hydroxyl groups is 1. The van der Waals surface area contributed by atoms with Crippen LogP contribution in [0.3, 0.4) is 0 Å². The third-order valence-corrected chi connectivity index (χ3v) is 3.88. The SMILES string of the molecule is C=CCC(Nc1ccccc1O)c1cccc(Oc2ccccc2)c1. The predicted molar refractivity (Wildman–Crippen MR) is 102 cm³/mol. The number of rotatable bonds is 7. The molecule has 0 spiro atoms. The summed E-state index contributed by atoms with van der Waals surface area (Å²) in [6, 6.07) is 24.9. The van der Waals surface area contributed by atoms with E-state index >= 15 is 0 Å². The Hall–Kier alpha value is -3.20. The number of hydrogen-bond acceptors (Lipinski definition) is 3. The summed E-state index contributed by atoms with van der Waals surface area (Å²) in [6.45, 7) is 3.85. The first-order chi connectivity index (χ1) is 12.3. The van der Waals surface area contributed by atoms with Gasteiger partial charge in [0, 0.05) is 0 Å². The van der Waals surface area contributed by atoms with Crippen LogP contribution < -0.4 is 10.1 Å². The molecular formula is C22H21NO2. The van der Waals surface area contributed by atoms with Gasteiger partial charge in [0.2, 0.25) is 0 Å². The molecule has 3 nitrogen and oxygen atoms in total. The van der Waals surface area contributed by atoms with Gasteiger partial charge in [-0.1, -0.05) is 48.5 Å². The van der Waals surface area contributed by atoms with Gasteiger partial charge in [0.05, 0.1) is 11.7 Å². The molecule has 3 heteroatoms. The Morgan fingerprint density at radius 2 is 1.64 bits per heavy atom. The summed E-state index contributed by atoms with van der Waals surface area (Å²) in [5.41, 5.74) is 1.76. The van der Waals surface area contributed by atoms with Crippen LogP contribution in [-0.2, 0) is 0 Å². The Morgan fingerprint density at radius 3 is 2.40 bits per heavy atom. The molecule has 0 bridgehead atoms. The molecule has 3 aromatic rings. The molecule has 0 amide bonds. The molecule has 0 aliphatic carbocycles. The van der Waals surface area contributed by atoms with E-state index in [4.69, 9.17) is 4.74 Å². The van der Waals surface area contributed by atoms with Crippen molar-refractivity contribution in [2.24, 2.45) is 0 Å². The molecule has 1 atom stereocenters. The van der Waals surface area contributed by atoms with E-state index in [9.17, 15) is 5.11 Å². The highest BCUT2D eigenvalue weighted by Crippen LogP contribution is 2.31. The summed E-state index contributed by atoms with van der Waals surface area (Å²) < 4.78 is 5.92. The molecule has 0 saturated heterocycles. The van der Waals surface area contributed by atoms with Crippen molar-refractivity contribution in [1.82, 2.24) is 0 Å². The Bertz CT molecular complexity index is 830. The van der Waals surface area contributed by atoms with Gasteiger partial charge < -0.3 is 15.2 Å². The summed E-state index contributed by atoms with van der Waals surface area (Å²) in [7, 11) is 0. The minimum Gasteiger partial charge on any atom is -0.506 e. The molecule has 3 aromatic carbocycles. The second-order valence-corrected chi connectivity index (χ2v) is 5.73. The van der Waals surface area contributed by atoms with Crippen molar-refractivity contribution in [2.45, 2.75) is 12.5 Å². The van der Waals surface area contributed by atoms with Crippen molar-refractivity contribution in [2.75, 3.05) is 5.32 Å². The topological polar surface area (TPSA) is 41.5 Å². The van der Waals surface area contributed by atoms with Crippen molar-refractivity contribution >= 4 is 5.69 Å². The van der Waals surface area contributed by atoms with Gasteiger partial charge in [-0.25, -0.2) is 0 Å². The molecule has 25 heavy (non-hydrogen) atoms. The van der Waals surface area contributed by atoms with E-state index in [-0.39, 0.29) is 11.8 Å². The maximum atomic E-state index is 10.0. The van der Waals surface area contributed by atoms with Crippen molar-refractivity contribution in [3.8, 4) is 17.2 Å². The average molecular weight is 331 g/mol. The first-order valence-corrected chi connectivity index (χ1v) is 8.24. The molecule has 126 valence electrons. The Kier molecular flexibility index (Phi) is 5.37. The number of ether oxygens (including phenoxy) is 1. The number of hydrogen-bond donors (Lipinski definition) is 2. The standard InChI is InChI=1S/C22H21NO2/c1-2-9-20(23-21-14-6-7-15-22(21)24)17-10-8-13-19(16-17)25-18-11-4-3-5-12-18/h2-8,10-16,20,23-24H,1,9H2. The van der Waals surface area contributed by atoms with Crippen molar-refractivity contribution in [3.63, 3.8) is 0 Å². The number of phenolic OH excluding ortho intramolecular Hbond substituents is 1. The quantitative estimate of drug-likeness (QED) is 0.417. The first-order valence-electron chi connectivity index (χ1n) is 8.24. The van der Waals surface area contributed by atoms with E-state index < -0.39 is 0 Å². The summed E-state index contributed by atoms with van der Waals surface area (Å²) >= 11 is 0. The highest BCUT2D eigenvalue weighted by atomic mass is 16.5. The van der Waals surface area contributed by atoms with Gasteiger partial charge in [-0.05, 0) is 48.4 Å². The van der Waals surface area contributed by atoms with Gasteiger partial charge in [-0.3, -0.25) is 0 Å². The van der Waals surface area contributed by atoms with Gasteiger partial charge in [-0.15, -0.1) is 6.58 Å². The number of anilines is 1. The zero-order chi connectivity index (χ0) is 17.5. The molecule has 0 heterocycles. The lowest BCUT2D eigenvalue weighted by molar-refractivity contribution is 0.476. The minimum absolute atomic E-state index is 0.00915. The molecule has 0 aliphatic rings. The second kappa shape index (κ2) is 8.06. The number of nitrogens with one attached hydrogen (secondary N) is 1. The second-order valence-electron chi connectivity index (χ2n) is 5.73. The van der Waals surface area contributed by atoms with Crippen LogP contribution in [0.25, 0.3) is 0 Å². The zero-order valence-electron chi connectivity index (χ0n) is 13.9. The predicted octanol–water partition coefficient (Wildman–Crippen LogP) is 5.91. The van der Waals surface area contributed by atoms with Crippen LogP contribution in [0.15, 0.2) is 91.5 Å². The number of para-hydroxylation sites is 3. The Morgan fingerprint density at radius 1 is 0.920 bits per heavy atom. The van der Waals surface area contributed by atoms with Crippen LogP contribution in [0, 0.1) is 0 Å². The summed E-state index contributed by atoms with van der Waals surface area (Å²) in [5, 5.41) is 13.4. The van der Waals surface area contributed by atoms with Crippen LogP contribution in [0.1, 0.15) is 18.0 Å². The third kappa shape index (κ3) is 4.42. The van der Waals surface area contributed by atoms with E-state index in [2.05, 4.69) is 11.9 Å². The van der Waals surface area contributed by atoms with Crippen molar-refractivity contribution < 1.29 is 9.84 Å². The maximum absolute atomic E-state index is 10.0. The normalized spacial score (nSPS) is 11.5. The van der Waals surface area contributed by atoms with E-state index in [1.165, 1.54) is 0 Å². The average Bonchev–Trinajstić information content (AvgIpc) is 2.64. The van der Waals surface area contributed by atoms with Crippen LogP contribution in [0.2, 0.25) is 0 Å². The third-order valence-electron chi connectivity index (χ3n) is 3.88. The molecule has 0 aromatic heterocycles. The van der Waals surface area contributed by atoms with E-state index in [0.717, 1.165) is 23.5 Å². The van der Waals surface area contributed by atoms with Crippen LogP contribution in [0.5, 0.6) is 17.2 Å². The summed E-state index contributed by atoms with van der Waals surface area (Å²) in [6.07, 6.45) is 2.59. The molecule has 2 N–H and O–H groups in total. The molecular weight excluding hydrogens is 310 g/mol. The zero-order valence-corrected chi connectivity index (χ0v) is 13.9. The largest absolute Gasteiger partial charge is 0.506 e. The van der Waals surface area contributed by atoms with Gasteiger partial charge in [0.25, 0.3) is 0 Å². The monoisotopic (exact) mass is 331 g/mol. The van der Waals surface area contributed by atoms with Gasteiger partial charge in [0.1, 0.15) is 17.2 Å². The van der Waals surface area contributed by atoms with E-state index in [0.29, 0.717) is 5.69 Å². The van der Waals surface area contributed by atoms with Crippen molar-refractivity contribution in [1.29, 1.82) is 0 Å². The van der Waals surface area contributed by atoms with E-state index in [1.54, 1.807) is 12.1 Å². The fourth-order valence-corrected chi connectivity index (χ4v) is 2.65. The molecule has 1 unspecified atom stereocenters. The first kappa shape index (κ1) is 16.7. The highest BCUT2D eigenvalue weighted by Gasteiger charge is 2.13. The van der Waals surface area contributed by atoms with Crippen LogP contribution >= 0.6 is 0 Å². The number of benzene rings is 3. The number of phenols is 1. The van der Waals surface area contributed by atoms with E-state index in [1.807, 2.05) is 72.8 Å². The molecule has 0 radical (unpaired) electrons. The summed E-state index contributed by atoms with van der Waals surface area (Å²) in [5.74, 6) is 1.80. The fourth-order valence-electron chi connectivity index (χ4n) is 2.65.